The third kappa shape index (κ3) is 2.81. The Bertz CT molecular complexity index is 395. The summed E-state index contributed by atoms with van der Waals surface area (Å²) in [6, 6.07) is 3.89. The standard InChI is InChI=1S/C12H17ClN2OS/c13-10-3-2-9(17-10)4-7-15-11(16)12(8-14)5-1-6-12/h2-3H,1,4-8,14H2,(H,15,16). The van der Waals surface area contributed by atoms with Gasteiger partial charge in [0.25, 0.3) is 0 Å². The normalized spacial score (nSPS) is 17.5. The van der Waals surface area contributed by atoms with Crippen molar-refractivity contribution in [2.75, 3.05) is 13.1 Å². The Labute approximate surface area is 110 Å². The third-order valence-corrected chi connectivity index (χ3v) is 4.76. The van der Waals surface area contributed by atoms with Crippen LogP contribution in [0, 0.1) is 5.41 Å². The predicted molar refractivity (Wildman–Crippen MR) is 71.4 cm³/mol. The number of hydrogen-bond acceptors (Lipinski definition) is 3. The molecule has 0 saturated heterocycles. The molecule has 3 N–H and O–H groups in total. The minimum Gasteiger partial charge on any atom is -0.355 e. The molecule has 1 aliphatic carbocycles. The molecule has 1 heterocycles. The van der Waals surface area contributed by atoms with Crippen LogP contribution in [0.15, 0.2) is 12.1 Å². The van der Waals surface area contributed by atoms with Crippen molar-refractivity contribution >= 4 is 28.8 Å². The monoisotopic (exact) mass is 272 g/mol. The van der Waals surface area contributed by atoms with E-state index in [9.17, 15) is 4.79 Å². The van der Waals surface area contributed by atoms with Gasteiger partial charge in [0.2, 0.25) is 5.91 Å². The summed E-state index contributed by atoms with van der Waals surface area (Å²) in [5.74, 6) is 0.119. The number of carbonyl (C=O) groups excluding carboxylic acids is 1. The molecule has 1 aromatic rings. The number of hydrogen-bond donors (Lipinski definition) is 2. The van der Waals surface area contributed by atoms with Crippen LogP contribution in [-0.2, 0) is 11.2 Å². The maximum Gasteiger partial charge on any atom is 0.227 e. The highest BCUT2D eigenvalue weighted by atomic mass is 35.5. The number of thiophene rings is 1. The lowest BCUT2D eigenvalue weighted by Crippen LogP contribution is -2.50. The number of carbonyl (C=O) groups is 1. The van der Waals surface area contributed by atoms with Gasteiger partial charge in [0.1, 0.15) is 0 Å². The van der Waals surface area contributed by atoms with Crippen molar-refractivity contribution in [1.82, 2.24) is 5.32 Å². The minimum atomic E-state index is -0.271. The van der Waals surface area contributed by atoms with Gasteiger partial charge in [-0.3, -0.25) is 4.79 Å². The van der Waals surface area contributed by atoms with Crippen LogP contribution in [0.1, 0.15) is 24.1 Å². The van der Waals surface area contributed by atoms with E-state index in [2.05, 4.69) is 5.32 Å². The van der Waals surface area contributed by atoms with Crippen molar-refractivity contribution in [1.29, 1.82) is 0 Å². The summed E-state index contributed by atoms with van der Waals surface area (Å²) in [7, 11) is 0. The van der Waals surface area contributed by atoms with E-state index in [1.807, 2.05) is 12.1 Å². The van der Waals surface area contributed by atoms with Gasteiger partial charge >= 0.3 is 0 Å². The van der Waals surface area contributed by atoms with Crippen LogP contribution in [0.2, 0.25) is 4.34 Å². The van der Waals surface area contributed by atoms with Gasteiger partial charge in [0.05, 0.1) is 9.75 Å². The first-order valence-corrected chi connectivity index (χ1v) is 7.08. The molecular formula is C12H17ClN2OS. The van der Waals surface area contributed by atoms with Crippen LogP contribution in [0.25, 0.3) is 0 Å². The number of halogens is 1. The van der Waals surface area contributed by atoms with Gasteiger partial charge in [-0.1, -0.05) is 18.0 Å². The van der Waals surface area contributed by atoms with Gasteiger partial charge < -0.3 is 11.1 Å². The Hall–Kier alpha value is -0.580. The molecule has 0 spiro atoms. The zero-order valence-electron chi connectivity index (χ0n) is 9.67. The van der Waals surface area contributed by atoms with E-state index in [4.69, 9.17) is 17.3 Å². The van der Waals surface area contributed by atoms with E-state index in [1.165, 1.54) is 4.88 Å². The Morgan fingerprint density at radius 3 is 2.76 bits per heavy atom. The van der Waals surface area contributed by atoms with Crippen LogP contribution in [0.5, 0.6) is 0 Å². The summed E-state index contributed by atoms with van der Waals surface area (Å²) in [5, 5.41) is 2.98. The molecule has 0 aromatic carbocycles. The van der Waals surface area contributed by atoms with E-state index in [0.717, 1.165) is 30.0 Å². The lowest BCUT2D eigenvalue weighted by molar-refractivity contribution is -0.135. The van der Waals surface area contributed by atoms with Gasteiger partial charge in [-0.2, -0.15) is 0 Å². The molecule has 1 aliphatic rings. The molecule has 0 bridgehead atoms. The molecule has 0 atom stereocenters. The van der Waals surface area contributed by atoms with Gasteiger partial charge in [-0.15, -0.1) is 11.3 Å². The molecule has 1 fully saturated rings. The number of amides is 1. The second-order valence-electron chi connectivity index (χ2n) is 4.55. The number of rotatable bonds is 5. The van der Waals surface area contributed by atoms with Gasteiger partial charge in [0, 0.05) is 18.0 Å². The second-order valence-corrected chi connectivity index (χ2v) is 6.35. The van der Waals surface area contributed by atoms with Gasteiger partial charge in [-0.25, -0.2) is 0 Å². The summed E-state index contributed by atoms with van der Waals surface area (Å²) in [6.45, 7) is 1.13. The highest BCUT2D eigenvalue weighted by molar-refractivity contribution is 7.16. The van der Waals surface area contributed by atoms with E-state index < -0.39 is 0 Å². The summed E-state index contributed by atoms with van der Waals surface area (Å²) in [6.07, 6.45) is 3.81. The molecule has 94 valence electrons. The third-order valence-electron chi connectivity index (χ3n) is 3.47. The molecule has 1 aromatic heterocycles. The first-order chi connectivity index (χ1) is 8.16. The lowest BCUT2D eigenvalue weighted by Gasteiger charge is -2.39. The zero-order valence-corrected chi connectivity index (χ0v) is 11.2. The molecule has 1 amide bonds. The zero-order chi connectivity index (χ0) is 12.3. The van der Waals surface area contributed by atoms with Crippen LogP contribution in [-0.4, -0.2) is 19.0 Å². The highest BCUT2D eigenvalue weighted by Crippen LogP contribution is 2.39. The van der Waals surface area contributed by atoms with Crippen LogP contribution in [0.3, 0.4) is 0 Å². The molecule has 17 heavy (non-hydrogen) atoms. The molecule has 1 saturated carbocycles. The summed E-state index contributed by atoms with van der Waals surface area (Å²) < 4.78 is 0.795. The van der Waals surface area contributed by atoms with Crippen molar-refractivity contribution in [3.8, 4) is 0 Å². The minimum absolute atomic E-state index is 0.119. The fourth-order valence-corrected chi connectivity index (χ4v) is 3.19. The molecule has 0 radical (unpaired) electrons. The van der Waals surface area contributed by atoms with Crippen LogP contribution in [0.4, 0.5) is 0 Å². The Morgan fingerprint density at radius 2 is 2.29 bits per heavy atom. The smallest absolute Gasteiger partial charge is 0.227 e. The van der Waals surface area contributed by atoms with Gasteiger partial charge in [0.15, 0.2) is 0 Å². The van der Waals surface area contributed by atoms with Crippen molar-refractivity contribution < 1.29 is 4.79 Å². The fourth-order valence-electron chi connectivity index (χ4n) is 2.10. The van der Waals surface area contributed by atoms with Crippen molar-refractivity contribution in [3.63, 3.8) is 0 Å². The Kier molecular flexibility index (Phi) is 4.07. The first-order valence-electron chi connectivity index (χ1n) is 5.89. The molecule has 0 aliphatic heterocycles. The van der Waals surface area contributed by atoms with Crippen LogP contribution < -0.4 is 11.1 Å². The van der Waals surface area contributed by atoms with E-state index >= 15 is 0 Å². The Morgan fingerprint density at radius 1 is 1.53 bits per heavy atom. The van der Waals surface area contributed by atoms with Crippen molar-refractivity contribution in [3.05, 3.63) is 21.3 Å². The number of nitrogens with two attached hydrogens (primary N) is 1. The summed E-state index contributed by atoms with van der Waals surface area (Å²) >= 11 is 7.40. The van der Waals surface area contributed by atoms with Crippen LogP contribution >= 0.6 is 22.9 Å². The molecule has 0 unspecified atom stereocenters. The van der Waals surface area contributed by atoms with E-state index in [0.29, 0.717) is 13.1 Å². The highest BCUT2D eigenvalue weighted by Gasteiger charge is 2.42. The number of nitrogens with one attached hydrogen (secondary N) is 1. The Balaban J connectivity index is 1.77. The molecule has 3 nitrogen and oxygen atoms in total. The molecule has 2 rings (SSSR count). The second kappa shape index (κ2) is 5.38. The topological polar surface area (TPSA) is 55.1 Å². The summed E-state index contributed by atoms with van der Waals surface area (Å²) in [5.41, 5.74) is 5.41. The van der Waals surface area contributed by atoms with Gasteiger partial charge in [-0.05, 0) is 31.4 Å². The first kappa shape index (κ1) is 12.9. The van der Waals surface area contributed by atoms with E-state index in [-0.39, 0.29) is 11.3 Å². The molecular weight excluding hydrogens is 256 g/mol. The largest absolute Gasteiger partial charge is 0.355 e. The fraction of sp³-hybridized carbons (Fsp3) is 0.583. The van der Waals surface area contributed by atoms with Crippen molar-refractivity contribution in [2.24, 2.45) is 11.1 Å². The average Bonchev–Trinajstić information content (AvgIpc) is 2.63. The summed E-state index contributed by atoms with van der Waals surface area (Å²) in [4.78, 5) is 13.2. The molecule has 5 heteroatoms. The predicted octanol–water partition coefficient (Wildman–Crippen LogP) is 2.19. The van der Waals surface area contributed by atoms with E-state index in [1.54, 1.807) is 11.3 Å². The quantitative estimate of drug-likeness (QED) is 0.863. The SMILES string of the molecule is NCC1(C(=O)NCCc2ccc(Cl)s2)CCC1. The lowest BCUT2D eigenvalue weighted by atomic mass is 9.68. The van der Waals surface area contributed by atoms with Crippen molar-refractivity contribution in [2.45, 2.75) is 25.7 Å². The average molecular weight is 273 g/mol. The maximum atomic E-state index is 12.0. The maximum absolute atomic E-state index is 12.0.